The summed E-state index contributed by atoms with van der Waals surface area (Å²) < 4.78 is 14.9. The summed E-state index contributed by atoms with van der Waals surface area (Å²) in [6.45, 7) is 0.583. The van der Waals surface area contributed by atoms with Gasteiger partial charge in [0.25, 0.3) is 5.56 Å². The molecule has 2 unspecified atom stereocenters. The minimum atomic E-state index is -1.34. The minimum Gasteiger partial charge on any atom is -0.481 e. The molecule has 1 N–H and O–H groups in total. The van der Waals surface area contributed by atoms with Crippen LogP contribution in [0.3, 0.4) is 0 Å². The summed E-state index contributed by atoms with van der Waals surface area (Å²) in [4.78, 5) is 48.4. The first kappa shape index (κ1) is 23.6. The standard InChI is InChI=1S/C21H22BrFN2O5/c1-2-16(18(26)9-14(10-20(28)29)19(27)11-23)17-6-7-24-25(21(17)30)12-13-4-3-5-15(22)8-13/h3-8,14,16H,2,9-12H2,1H3,(H,28,29). The number of alkyl halides is 1. The smallest absolute Gasteiger partial charge is 0.304 e. The van der Waals surface area contributed by atoms with Crippen molar-refractivity contribution < 1.29 is 23.9 Å². The summed E-state index contributed by atoms with van der Waals surface area (Å²) in [5.41, 5.74) is 0.615. The number of ketones is 2. The zero-order valence-corrected chi connectivity index (χ0v) is 18.0. The number of carbonyl (C=O) groups is 3. The molecule has 9 heteroatoms. The van der Waals surface area contributed by atoms with E-state index >= 15 is 0 Å². The van der Waals surface area contributed by atoms with Gasteiger partial charge < -0.3 is 5.11 Å². The van der Waals surface area contributed by atoms with Crippen molar-refractivity contribution in [3.8, 4) is 0 Å². The zero-order chi connectivity index (χ0) is 22.3. The topological polar surface area (TPSA) is 106 Å². The Kier molecular flexibility index (Phi) is 8.58. The normalized spacial score (nSPS) is 12.9. The van der Waals surface area contributed by atoms with Gasteiger partial charge in [0.1, 0.15) is 12.5 Å². The molecule has 0 aliphatic carbocycles. The fourth-order valence-corrected chi connectivity index (χ4v) is 3.73. The van der Waals surface area contributed by atoms with Crippen molar-refractivity contribution in [1.82, 2.24) is 9.78 Å². The van der Waals surface area contributed by atoms with Gasteiger partial charge in [0.15, 0.2) is 5.78 Å². The highest BCUT2D eigenvalue weighted by atomic mass is 79.9. The molecule has 2 aromatic rings. The van der Waals surface area contributed by atoms with Crippen LogP contribution in [-0.4, -0.2) is 39.1 Å². The Hall–Kier alpha value is -2.68. The average molecular weight is 481 g/mol. The molecule has 1 aromatic heterocycles. The fourth-order valence-electron chi connectivity index (χ4n) is 3.28. The van der Waals surface area contributed by atoms with Crippen molar-refractivity contribution in [3.63, 3.8) is 0 Å². The quantitative estimate of drug-likeness (QED) is 0.529. The number of nitrogens with zero attached hydrogens (tertiary/aromatic N) is 2. The number of aliphatic carboxylic acids is 1. The van der Waals surface area contributed by atoms with E-state index in [1.807, 2.05) is 24.3 Å². The van der Waals surface area contributed by atoms with E-state index in [1.165, 1.54) is 16.9 Å². The molecule has 0 bridgehead atoms. The van der Waals surface area contributed by atoms with E-state index in [9.17, 15) is 23.6 Å². The minimum absolute atomic E-state index is 0.207. The fraction of sp³-hybridized carbons (Fsp3) is 0.381. The zero-order valence-electron chi connectivity index (χ0n) is 16.4. The Morgan fingerprint density at radius 3 is 2.53 bits per heavy atom. The molecular weight excluding hydrogens is 459 g/mol. The number of halogens is 2. The van der Waals surface area contributed by atoms with E-state index in [2.05, 4.69) is 21.0 Å². The number of rotatable bonds is 11. The Morgan fingerprint density at radius 1 is 1.20 bits per heavy atom. The van der Waals surface area contributed by atoms with Crippen LogP contribution in [0.15, 0.2) is 45.8 Å². The lowest BCUT2D eigenvalue weighted by molar-refractivity contribution is -0.141. The Balaban J connectivity index is 2.29. The molecule has 160 valence electrons. The molecule has 0 saturated carbocycles. The van der Waals surface area contributed by atoms with Gasteiger partial charge >= 0.3 is 5.97 Å². The van der Waals surface area contributed by atoms with Crippen LogP contribution in [0.4, 0.5) is 4.39 Å². The summed E-state index contributed by atoms with van der Waals surface area (Å²) in [5.74, 6) is -4.77. The van der Waals surface area contributed by atoms with Gasteiger partial charge in [-0.2, -0.15) is 5.10 Å². The van der Waals surface area contributed by atoms with Crippen LogP contribution in [0.5, 0.6) is 0 Å². The highest BCUT2D eigenvalue weighted by Crippen LogP contribution is 2.23. The number of hydrogen-bond donors (Lipinski definition) is 1. The summed E-state index contributed by atoms with van der Waals surface area (Å²) in [7, 11) is 0. The number of hydrogen-bond acceptors (Lipinski definition) is 5. The van der Waals surface area contributed by atoms with E-state index < -0.39 is 54.4 Å². The van der Waals surface area contributed by atoms with Crippen LogP contribution in [0, 0.1) is 5.92 Å². The molecule has 0 fully saturated rings. The molecule has 2 atom stereocenters. The Labute approximate surface area is 181 Å². The predicted octanol–water partition coefficient (Wildman–Crippen LogP) is 3.14. The van der Waals surface area contributed by atoms with E-state index in [0.29, 0.717) is 0 Å². The third-order valence-corrected chi connectivity index (χ3v) is 5.28. The van der Waals surface area contributed by atoms with Crippen LogP contribution in [0.1, 0.15) is 43.2 Å². The maximum atomic E-state index is 12.9. The molecule has 0 aliphatic heterocycles. The number of aromatic nitrogens is 2. The van der Waals surface area contributed by atoms with E-state index in [0.717, 1.165) is 10.0 Å². The van der Waals surface area contributed by atoms with Gasteiger partial charge in [-0.15, -0.1) is 0 Å². The van der Waals surface area contributed by atoms with Crippen LogP contribution < -0.4 is 5.56 Å². The van der Waals surface area contributed by atoms with Gasteiger partial charge in [0.05, 0.1) is 13.0 Å². The molecule has 0 radical (unpaired) electrons. The summed E-state index contributed by atoms with van der Waals surface area (Å²) in [6, 6.07) is 8.83. The van der Waals surface area contributed by atoms with Crippen molar-refractivity contribution in [3.05, 3.63) is 62.5 Å². The van der Waals surface area contributed by atoms with Crippen molar-refractivity contribution >= 4 is 33.5 Å². The molecule has 0 spiro atoms. The molecule has 1 heterocycles. The van der Waals surface area contributed by atoms with Crippen LogP contribution in [-0.2, 0) is 20.9 Å². The third-order valence-electron chi connectivity index (χ3n) is 4.79. The molecular formula is C21H22BrFN2O5. The lowest BCUT2D eigenvalue weighted by Gasteiger charge is -2.18. The van der Waals surface area contributed by atoms with Crippen molar-refractivity contribution in [2.75, 3.05) is 6.67 Å². The summed E-state index contributed by atoms with van der Waals surface area (Å²) in [5, 5.41) is 13.0. The molecule has 0 amide bonds. The lowest BCUT2D eigenvalue weighted by Crippen LogP contribution is -2.31. The number of carboxylic acid groups (broad SMARTS) is 1. The number of carbonyl (C=O) groups excluding carboxylic acids is 2. The van der Waals surface area contributed by atoms with Crippen molar-refractivity contribution in [2.24, 2.45) is 5.92 Å². The van der Waals surface area contributed by atoms with Crippen molar-refractivity contribution in [1.29, 1.82) is 0 Å². The first-order valence-electron chi connectivity index (χ1n) is 9.40. The summed E-state index contributed by atoms with van der Waals surface area (Å²) in [6.07, 6.45) is 0.639. The molecule has 2 rings (SSSR count). The summed E-state index contributed by atoms with van der Waals surface area (Å²) >= 11 is 3.37. The van der Waals surface area contributed by atoms with E-state index in [4.69, 9.17) is 5.11 Å². The predicted molar refractivity (Wildman–Crippen MR) is 111 cm³/mol. The largest absolute Gasteiger partial charge is 0.481 e. The second-order valence-electron chi connectivity index (χ2n) is 6.91. The third kappa shape index (κ3) is 6.16. The van der Waals surface area contributed by atoms with Gasteiger partial charge in [0, 0.05) is 34.5 Å². The first-order valence-corrected chi connectivity index (χ1v) is 10.2. The molecule has 1 aromatic carbocycles. The van der Waals surface area contributed by atoms with Crippen LogP contribution in [0.2, 0.25) is 0 Å². The second-order valence-corrected chi connectivity index (χ2v) is 7.82. The Morgan fingerprint density at radius 2 is 1.93 bits per heavy atom. The Bertz CT molecular complexity index is 991. The highest BCUT2D eigenvalue weighted by molar-refractivity contribution is 9.10. The van der Waals surface area contributed by atoms with Gasteiger partial charge in [-0.1, -0.05) is 35.0 Å². The maximum Gasteiger partial charge on any atom is 0.304 e. The average Bonchev–Trinajstić information content (AvgIpc) is 2.69. The molecule has 30 heavy (non-hydrogen) atoms. The highest BCUT2D eigenvalue weighted by Gasteiger charge is 2.29. The lowest BCUT2D eigenvalue weighted by atomic mass is 9.85. The second kappa shape index (κ2) is 10.9. The van der Waals surface area contributed by atoms with E-state index in [1.54, 1.807) is 6.92 Å². The van der Waals surface area contributed by atoms with Gasteiger partial charge in [0.2, 0.25) is 0 Å². The SMILES string of the molecule is CCC(C(=O)CC(CC(=O)O)C(=O)CF)c1ccnn(Cc2cccc(Br)c2)c1=O. The monoisotopic (exact) mass is 480 g/mol. The van der Waals surface area contributed by atoms with Crippen LogP contribution in [0.25, 0.3) is 0 Å². The van der Waals surface area contributed by atoms with Crippen LogP contribution >= 0.6 is 15.9 Å². The first-order chi connectivity index (χ1) is 14.3. The molecule has 0 aliphatic rings. The van der Waals surface area contributed by atoms with E-state index in [-0.39, 0.29) is 18.5 Å². The molecule has 7 nitrogen and oxygen atoms in total. The number of Topliss-reactive ketones (excluding diaryl/α,β-unsaturated/α-hetero) is 2. The van der Waals surface area contributed by atoms with Gasteiger partial charge in [-0.3, -0.25) is 19.2 Å². The van der Waals surface area contributed by atoms with Gasteiger partial charge in [-0.25, -0.2) is 9.07 Å². The van der Waals surface area contributed by atoms with Gasteiger partial charge in [-0.05, 0) is 30.2 Å². The van der Waals surface area contributed by atoms with Crippen molar-refractivity contribution in [2.45, 2.75) is 38.6 Å². The molecule has 0 saturated heterocycles. The number of carboxylic acids is 1. The number of benzene rings is 1. The maximum absolute atomic E-state index is 12.9.